The highest BCUT2D eigenvalue weighted by molar-refractivity contribution is 7.47. The van der Waals surface area contributed by atoms with Crippen molar-refractivity contribution in [2.24, 2.45) is 5.73 Å². The van der Waals surface area contributed by atoms with Gasteiger partial charge in [-0.1, -0.05) is 44.0 Å². The van der Waals surface area contributed by atoms with Crippen LogP contribution in [0.5, 0.6) is 0 Å². The van der Waals surface area contributed by atoms with E-state index in [0.717, 1.165) is 32.1 Å². The molecule has 0 radical (unpaired) electrons. The molecule has 5 nitrogen and oxygen atoms in total. The molecule has 0 amide bonds. The number of hydrogen-bond donors (Lipinski definition) is 2. The Labute approximate surface area is 138 Å². The van der Waals surface area contributed by atoms with Gasteiger partial charge in [0.25, 0.3) is 0 Å². The summed E-state index contributed by atoms with van der Waals surface area (Å²) in [6, 6.07) is 8.85. The number of nitrogens with two attached hydrogens (primary N) is 1. The molecule has 3 N–H and O–H groups in total. The maximum Gasteiger partial charge on any atom is 0.472 e. The lowest BCUT2D eigenvalue weighted by Gasteiger charge is -2.34. The molecule has 1 aromatic rings. The third-order valence-electron chi connectivity index (χ3n) is 4.26. The molecular formula is C17H28NO4P. The first-order valence-corrected chi connectivity index (χ1v) is 9.91. The Morgan fingerprint density at radius 1 is 1.09 bits per heavy atom. The van der Waals surface area contributed by atoms with Crippen LogP contribution in [-0.2, 0) is 26.5 Å². The van der Waals surface area contributed by atoms with Crippen LogP contribution in [0.25, 0.3) is 0 Å². The number of hydrogen-bond acceptors (Lipinski definition) is 4. The van der Waals surface area contributed by atoms with E-state index in [1.807, 2.05) is 0 Å². The van der Waals surface area contributed by atoms with Crippen molar-refractivity contribution in [3.8, 4) is 0 Å². The molecule has 0 saturated carbocycles. The summed E-state index contributed by atoms with van der Waals surface area (Å²) in [6.45, 7) is 2.36. The molecule has 130 valence electrons. The van der Waals surface area contributed by atoms with Crippen LogP contribution in [0.4, 0.5) is 0 Å². The van der Waals surface area contributed by atoms with E-state index in [-0.39, 0.29) is 13.2 Å². The molecule has 1 aliphatic heterocycles. The van der Waals surface area contributed by atoms with Crippen molar-refractivity contribution in [3.63, 3.8) is 0 Å². The van der Waals surface area contributed by atoms with Gasteiger partial charge in [0.05, 0.1) is 18.8 Å². The van der Waals surface area contributed by atoms with Gasteiger partial charge in [-0.05, 0) is 43.2 Å². The molecule has 0 aliphatic carbocycles. The van der Waals surface area contributed by atoms with E-state index < -0.39 is 13.4 Å². The fourth-order valence-electron chi connectivity index (χ4n) is 2.70. The van der Waals surface area contributed by atoms with Crippen LogP contribution in [0.2, 0.25) is 0 Å². The summed E-state index contributed by atoms with van der Waals surface area (Å²) in [5.74, 6) is 0. The largest absolute Gasteiger partial charge is 0.472 e. The summed E-state index contributed by atoms with van der Waals surface area (Å²) in [4.78, 5) is 9.16. The van der Waals surface area contributed by atoms with Gasteiger partial charge in [-0.15, -0.1) is 0 Å². The molecule has 0 bridgehead atoms. The summed E-state index contributed by atoms with van der Waals surface area (Å²) >= 11 is 0. The highest BCUT2D eigenvalue weighted by Gasteiger charge is 2.38. The lowest BCUT2D eigenvalue weighted by atomic mass is 9.94. The Morgan fingerprint density at radius 3 is 2.13 bits per heavy atom. The predicted molar refractivity (Wildman–Crippen MR) is 91.3 cm³/mol. The minimum atomic E-state index is -3.85. The van der Waals surface area contributed by atoms with Gasteiger partial charge in [0.2, 0.25) is 0 Å². The maximum atomic E-state index is 11.2. The minimum Gasteiger partial charge on any atom is -0.321 e. The first-order chi connectivity index (χ1) is 10.9. The van der Waals surface area contributed by atoms with Crippen molar-refractivity contribution in [1.82, 2.24) is 0 Å². The molecule has 0 atom stereocenters. The lowest BCUT2D eigenvalue weighted by molar-refractivity contribution is 0.0360. The molecule has 6 heteroatoms. The molecule has 1 heterocycles. The topological polar surface area (TPSA) is 81.8 Å². The summed E-state index contributed by atoms with van der Waals surface area (Å²) in [5, 5.41) is 0. The van der Waals surface area contributed by atoms with Crippen LogP contribution < -0.4 is 5.73 Å². The van der Waals surface area contributed by atoms with E-state index in [9.17, 15) is 4.57 Å². The second-order valence-electron chi connectivity index (χ2n) is 6.50. The standard InChI is InChI=1S/C17H28NO4P/c1-2-3-6-15-8-10-16(11-9-15)7-4-5-12-17(18)13-21-23(19,20)22-14-17/h8-11H,2-7,12-14,18H2,1H3,(H,19,20). The molecule has 1 saturated heterocycles. The zero-order chi connectivity index (χ0) is 16.8. The Balaban J connectivity index is 1.68. The van der Waals surface area contributed by atoms with Gasteiger partial charge in [0.1, 0.15) is 0 Å². The molecule has 1 aliphatic rings. The quantitative estimate of drug-likeness (QED) is 0.558. The van der Waals surface area contributed by atoms with Crippen molar-refractivity contribution in [1.29, 1.82) is 0 Å². The summed E-state index contributed by atoms with van der Waals surface area (Å²) < 4.78 is 20.8. The summed E-state index contributed by atoms with van der Waals surface area (Å²) in [7, 11) is -3.85. The first-order valence-electron chi connectivity index (χ1n) is 8.41. The van der Waals surface area contributed by atoms with E-state index in [1.54, 1.807) is 0 Å². The van der Waals surface area contributed by atoms with Crippen molar-refractivity contribution in [2.75, 3.05) is 13.2 Å². The number of rotatable bonds is 8. The normalized spacial score (nSPS) is 28.0. The smallest absolute Gasteiger partial charge is 0.321 e. The second-order valence-corrected chi connectivity index (χ2v) is 7.96. The highest BCUT2D eigenvalue weighted by atomic mass is 31.2. The van der Waals surface area contributed by atoms with Crippen LogP contribution in [-0.4, -0.2) is 23.6 Å². The van der Waals surface area contributed by atoms with E-state index in [4.69, 9.17) is 19.7 Å². The third-order valence-corrected chi connectivity index (χ3v) is 5.17. The molecule has 0 spiro atoms. The Hall–Kier alpha value is -0.710. The van der Waals surface area contributed by atoms with Gasteiger partial charge in [0.15, 0.2) is 0 Å². The third kappa shape index (κ3) is 6.36. The van der Waals surface area contributed by atoms with Crippen molar-refractivity contribution < 1.29 is 18.5 Å². The van der Waals surface area contributed by atoms with Gasteiger partial charge >= 0.3 is 7.82 Å². The fraction of sp³-hybridized carbons (Fsp3) is 0.647. The zero-order valence-corrected chi connectivity index (χ0v) is 14.8. The van der Waals surface area contributed by atoms with Gasteiger partial charge in [-0.3, -0.25) is 9.05 Å². The van der Waals surface area contributed by atoms with E-state index in [2.05, 4.69) is 31.2 Å². The van der Waals surface area contributed by atoms with Crippen LogP contribution in [0.1, 0.15) is 50.2 Å². The molecule has 1 aromatic carbocycles. The molecule has 0 aromatic heterocycles. The SMILES string of the molecule is CCCCc1ccc(CCCCC2(N)COP(=O)(O)OC2)cc1. The maximum absolute atomic E-state index is 11.2. The average molecular weight is 341 g/mol. The summed E-state index contributed by atoms with van der Waals surface area (Å²) in [6.07, 6.45) is 7.33. The Morgan fingerprint density at radius 2 is 1.61 bits per heavy atom. The zero-order valence-electron chi connectivity index (χ0n) is 13.9. The van der Waals surface area contributed by atoms with E-state index in [1.165, 1.54) is 24.0 Å². The predicted octanol–water partition coefficient (Wildman–Crippen LogP) is 3.59. The second kappa shape index (κ2) is 8.41. The number of benzene rings is 1. The van der Waals surface area contributed by atoms with Gasteiger partial charge in [-0.25, -0.2) is 4.57 Å². The molecule has 23 heavy (non-hydrogen) atoms. The van der Waals surface area contributed by atoms with Crippen molar-refractivity contribution in [2.45, 2.75) is 57.4 Å². The van der Waals surface area contributed by atoms with Crippen molar-refractivity contribution in [3.05, 3.63) is 35.4 Å². The number of unbranched alkanes of at least 4 members (excludes halogenated alkanes) is 2. The monoisotopic (exact) mass is 341 g/mol. The molecule has 1 fully saturated rings. The number of phosphoric acid groups is 1. The molecule has 0 unspecified atom stereocenters. The number of aryl methyl sites for hydroxylation is 2. The van der Waals surface area contributed by atoms with Crippen LogP contribution in [0.15, 0.2) is 24.3 Å². The fourth-order valence-corrected chi connectivity index (χ4v) is 3.62. The molecular weight excluding hydrogens is 313 g/mol. The number of phosphoric ester groups is 1. The van der Waals surface area contributed by atoms with Crippen LogP contribution in [0, 0.1) is 0 Å². The first kappa shape index (κ1) is 18.6. The van der Waals surface area contributed by atoms with Crippen LogP contribution in [0.3, 0.4) is 0 Å². The minimum absolute atomic E-state index is 0.0763. The van der Waals surface area contributed by atoms with E-state index in [0.29, 0.717) is 0 Å². The Bertz CT molecular complexity index is 520. The van der Waals surface area contributed by atoms with Crippen LogP contribution >= 0.6 is 7.82 Å². The summed E-state index contributed by atoms with van der Waals surface area (Å²) in [5.41, 5.74) is 8.24. The lowest BCUT2D eigenvalue weighted by Crippen LogP contribution is -2.50. The highest BCUT2D eigenvalue weighted by Crippen LogP contribution is 2.47. The van der Waals surface area contributed by atoms with Gasteiger partial charge in [-0.2, -0.15) is 0 Å². The Kier molecular flexibility index (Phi) is 6.81. The van der Waals surface area contributed by atoms with Gasteiger partial charge < -0.3 is 10.6 Å². The van der Waals surface area contributed by atoms with Crippen molar-refractivity contribution >= 4 is 7.82 Å². The van der Waals surface area contributed by atoms with Gasteiger partial charge in [0, 0.05) is 0 Å². The van der Waals surface area contributed by atoms with E-state index >= 15 is 0 Å². The molecule has 2 rings (SSSR count). The average Bonchev–Trinajstić information content (AvgIpc) is 2.54.